The van der Waals surface area contributed by atoms with Crippen molar-refractivity contribution in [2.45, 2.75) is 13.5 Å². The van der Waals surface area contributed by atoms with Crippen LogP contribution in [-0.2, 0) is 11.4 Å². The maximum Gasteiger partial charge on any atom is 0.266 e. The van der Waals surface area contributed by atoms with Crippen molar-refractivity contribution in [1.29, 1.82) is 0 Å². The average Bonchev–Trinajstić information content (AvgIpc) is 3.13. The Kier molecular flexibility index (Phi) is 8.33. The van der Waals surface area contributed by atoms with Crippen molar-refractivity contribution in [3.63, 3.8) is 0 Å². The van der Waals surface area contributed by atoms with Crippen molar-refractivity contribution < 1.29 is 14.3 Å². The van der Waals surface area contributed by atoms with Gasteiger partial charge in [0, 0.05) is 20.2 Å². The van der Waals surface area contributed by atoms with Crippen molar-refractivity contribution in [1.82, 2.24) is 4.90 Å². The fourth-order valence-electron chi connectivity index (χ4n) is 3.28. The van der Waals surface area contributed by atoms with Gasteiger partial charge in [-0.25, -0.2) is 4.99 Å². The zero-order chi connectivity index (χ0) is 24.1. The third-order valence-corrected chi connectivity index (χ3v) is 7.29. The fourth-order valence-corrected chi connectivity index (χ4v) is 5.08. The van der Waals surface area contributed by atoms with Gasteiger partial charge in [0.05, 0.1) is 17.7 Å². The van der Waals surface area contributed by atoms with Crippen LogP contribution >= 0.6 is 50.3 Å². The van der Waals surface area contributed by atoms with E-state index in [2.05, 4.69) is 62.8 Å². The lowest BCUT2D eigenvalue weighted by Gasteiger charge is -2.12. The Hall–Kier alpha value is -2.30. The lowest BCUT2D eigenvalue weighted by atomic mass is 10.1. The number of hydrogen-bond acceptors (Lipinski definition) is 5. The van der Waals surface area contributed by atoms with E-state index in [-0.39, 0.29) is 5.91 Å². The zero-order valence-electron chi connectivity index (χ0n) is 18.6. The molecule has 0 saturated carbocycles. The van der Waals surface area contributed by atoms with Crippen LogP contribution in [0.2, 0.25) is 0 Å². The highest BCUT2D eigenvalue weighted by molar-refractivity contribution is 14.1. The average molecular weight is 649 g/mol. The first-order valence-electron chi connectivity index (χ1n) is 10.6. The van der Waals surface area contributed by atoms with Crippen LogP contribution in [0.5, 0.6) is 11.5 Å². The number of ether oxygens (including phenoxy) is 2. The van der Waals surface area contributed by atoms with Crippen molar-refractivity contribution >= 4 is 73.1 Å². The Bertz CT molecular complexity index is 1240. The number of amidine groups is 1. The molecule has 0 unspecified atom stereocenters. The molecule has 0 spiro atoms. The fraction of sp³-hybridized carbons (Fsp3) is 0.154. The topological polar surface area (TPSA) is 51.1 Å². The first-order chi connectivity index (χ1) is 16.5. The van der Waals surface area contributed by atoms with E-state index in [0.717, 1.165) is 27.0 Å². The van der Waals surface area contributed by atoms with Gasteiger partial charge in [0.15, 0.2) is 5.17 Å². The molecule has 34 heavy (non-hydrogen) atoms. The number of likely N-dealkylation sites (N-methyl/N-ethyl adjacent to an activating group) is 1. The molecule has 8 heteroatoms. The molecule has 5 nitrogen and oxygen atoms in total. The van der Waals surface area contributed by atoms with Crippen molar-refractivity contribution in [3.8, 4) is 11.5 Å². The highest BCUT2D eigenvalue weighted by Crippen LogP contribution is 2.36. The van der Waals surface area contributed by atoms with Gasteiger partial charge < -0.3 is 9.47 Å². The van der Waals surface area contributed by atoms with Gasteiger partial charge in [-0.15, -0.1) is 0 Å². The molecule has 1 heterocycles. The molecule has 1 saturated heterocycles. The molecule has 0 aliphatic carbocycles. The number of aliphatic imine (C=N–C) groups is 1. The van der Waals surface area contributed by atoms with E-state index >= 15 is 0 Å². The van der Waals surface area contributed by atoms with Gasteiger partial charge in [-0.3, -0.25) is 9.69 Å². The molecule has 1 aliphatic rings. The first-order valence-corrected chi connectivity index (χ1v) is 13.3. The summed E-state index contributed by atoms with van der Waals surface area (Å²) in [4.78, 5) is 20.1. The summed E-state index contributed by atoms with van der Waals surface area (Å²) in [6, 6.07) is 21.5. The molecular formula is C26H22BrIN2O3S. The number of methoxy groups -OCH3 is 1. The van der Waals surface area contributed by atoms with E-state index < -0.39 is 0 Å². The number of nitrogens with zero attached hydrogens (tertiary/aromatic N) is 2. The van der Waals surface area contributed by atoms with E-state index in [1.807, 2.05) is 55.5 Å². The predicted octanol–water partition coefficient (Wildman–Crippen LogP) is 7.27. The van der Waals surface area contributed by atoms with Crippen molar-refractivity contribution in [3.05, 3.63) is 90.8 Å². The normalized spacial score (nSPS) is 15.9. The van der Waals surface area contributed by atoms with Crippen LogP contribution < -0.4 is 9.47 Å². The van der Waals surface area contributed by atoms with Crippen molar-refractivity contribution in [2.24, 2.45) is 4.99 Å². The number of thioether (sulfide) groups is 1. The molecule has 0 aromatic heterocycles. The summed E-state index contributed by atoms with van der Waals surface area (Å²) in [7, 11) is 1.63. The summed E-state index contributed by atoms with van der Waals surface area (Å²) < 4.78 is 13.4. The molecular weight excluding hydrogens is 627 g/mol. The molecule has 1 aliphatic heterocycles. The number of rotatable bonds is 7. The Morgan fingerprint density at radius 2 is 1.82 bits per heavy atom. The SMILES string of the molecule is CCN1C(=O)/C(=C\c2cc(Br)ccc2OCc2ccc(I)cc2)SC1=Nc1ccc(OC)cc1. The summed E-state index contributed by atoms with van der Waals surface area (Å²) in [5, 5.41) is 0.653. The molecule has 174 valence electrons. The molecule has 0 radical (unpaired) electrons. The maximum atomic E-state index is 13.1. The minimum Gasteiger partial charge on any atom is -0.497 e. The summed E-state index contributed by atoms with van der Waals surface area (Å²) in [6.07, 6.45) is 1.88. The van der Waals surface area contributed by atoms with Gasteiger partial charge in [0.25, 0.3) is 5.91 Å². The first kappa shape index (κ1) is 24.8. The second kappa shape index (κ2) is 11.4. The van der Waals surface area contributed by atoms with Gasteiger partial charge in [-0.1, -0.05) is 28.1 Å². The number of amides is 1. The molecule has 3 aromatic carbocycles. The van der Waals surface area contributed by atoms with E-state index in [9.17, 15) is 4.79 Å². The smallest absolute Gasteiger partial charge is 0.266 e. The van der Waals surface area contributed by atoms with E-state index in [1.54, 1.807) is 12.0 Å². The van der Waals surface area contributed by atoms with Gasteiger partial charge in [-0.05, 0) is 108 Å². The van der Waals surface area contributed by atoms with Crippen LogP contribution in [0.1, 0.15) is 18.1 Å². The maximum absolute atomic E-state index is 13.1. The summed E-state index contributed by atoms with van der Waals surface area (Å²) in [5.74, 6) is 1.41. The van der Waals surface area contributed by atoms with E-state index in [4.69, 9.17) is 14.5 Å². The van der Waals surface area contributed by atoms with Crippen molar-refractivity contribution in [2.75, 3.05) is 13.7 Å². The second-order valence-electron chi connectivity index (χ2n) is 7.35. The summed E-state index contributed by atoms with van der Waals surface area (Å²) in [6.45, 7) is 2.92. The predicted molar refractivity (Wildman–Crippen MR) is 151 cm³/mol. The molecule has 4 rings (SSSR count). The lowest BCUT2D eigenvalue weighted by Crippen LogP contribution is -2.28. The van der Waals surface area contributed by atoms with Gasteiger partial charge in [0.2, 0.25) is 0 Å². The molecule has 3 aromatic rings. The lowest BCUT2D eigenvalue weighted by molar-refractivity contribution is -0.122. The number of carbonyl (C=O) groups is 1. The number of hydrogen-bond donors (Lipinski definition) is 0. The third-order valence-electron chi connectivity index (χ3n) is 5.07. The van der Waals surface area contributed by atoms with Crippen LogP contribution in [-0.4, -0.2) is 29.6 Å². The molecule has 1 amide bonds. The zero-order valence-corrected chi connectivity index (χ0v) is 23.2. The molecule has 0 atom stereocenters. The van der Waals surface area contributed by atoms with Gasteiger partial charge in [0.1, 0.15) is 18.1 Å². The van der Waals surface area contributed by atoms with E-state index in [0.29, 0.717) is 29.0 Å². The second-order valence-corrected chi connectivity index (χ2v) is 10.5. The minimum absolute atomic E-state index is 0.0664. The van der Waals surface area contributed by atoms with Crippen LogP contribution in [0.3, 0.4) is 0 Å². The van der Waals surface area contributed by atoms with Crippen LogP contribution in [0.25, 0.3) is 6.08 Å². The Labute approximate surface area is 225 Å². The molecule has 0 bridgehead atoms. The summed E-state index contributed by atoms with van der Waals surface area (Å²) >= 11 is 7.19. The van der Waals surface area contributed by atoms with Gasteiger partial charge in [-0.2, -0.15) is 0 Å². The quantitative estimate of drug-likeness (QED) is 0.200. The third kappa shape index (κ3) is 6.03. The highest BCUT2D eigenvalue weighted by Gasteiger charge is 2.32. The van der Waals surface area contributed by atoms with Gasteiger partial charge >= 0.3 is 0 Å². The van der Waals surface area contributed by atoms with Crippen LogP contribution in [0.15, 0.2) is 81.1 Å². The Morgan fingerprint density at radius 1 is 1.09 bits per heavy atom. The molecule has 0 N–H and O–H groups in total. The molecule has 1 fully saturated rings. The Morgan fingerprint density at radius 3 is 2.50 bits per heavy atom. The minimum atomic E-state index is -0.0664. The number of halogens is 2. The largest absolute Gasteiger partial charge is 0.497 e. The van der Waals surface area contributed by atoms with Crippen LogP contribution in [0.4, 0.5) is 5.69 Å². The number of carbonyl (C=O) groups excluding carboxylic acids is 1. The standard InChI is InChI=1S/C26H22BrIN2O3S/c1-3-30-25(31)24(34-26(30)29-21-9-11-22(32-2)12-10-21)15-18-14-19(27)6-13-23(18)33-16-17-4-7-20(28)8-5-17/h4-15H,3,16H2,1-2H3/b24-15+,29-26?. The highest BCUT2D eigenvalue weighted by atomic mass is 127. The Balaban J connectivity index is 1.59. The van der Waals surface area contributed by atoms with Crippen LogP contribution in [0, 0.1) is 3.57 Å². The number of benzene rings is 3. The summed E-state index contributed by atoms with van der Waals surface area (Å²) in [5.41, 5.74) is 2.68. The van der Waals surface area contributed by atoms with E-state index in [1.165, 1.54) is 15.3 Å². The monoisotopic (exact) mass is 648 g/mol.